The van der Waals surface area contributed by atoms with E-state index in [9.17, 15) is 9.90 Å². The van der Waals surface area contributed by atoms with E-state index in [0.717, 1.165) is 70.6 Å². The number of carbonyl (C=O) groups excluding carboxylic acids is 1. The van der Waals surface area contributed by atoms with Gasteiger partial charge in [0.1, 0.15) is 6.10 Å². The molecule has 0 amide bonds. The van der Waals surface area contributed by atoms with Crippen molar-refractivity contribution in [1.29, 1.82) is 0 Å². The molecule has 0 saturated carbocycles. The zero-order chi connectivity index (χ0) is 33.4. The largest absolute Gasteiger partial charge is 0.457 e. The lowest BCUT2D eigenvalue weighted by molar-refractivity contribution is -0.154. The predicted molar refractivity (Wildman–Crippen MR) is 200 cm³/mol. The lowest BCUT2D eigenvalue weighted by Gasteiger charge is -2.15. The van der Waals surface area contributed by atoms with E-state index in [2.05, 4.69) is 86.8 Å². The number of ether oxygens (including phenoxy) is 2. The average molecular weight is 641 g/mol. The number of aliphatic hydroxyl groups is 1. The number of esters is 1. The average Bonchev–Trinajstić information content (AvgIpc) is 3.06. The minimum absolute atomic E-state index is 0.182. The highest BCUT2D eigenvalue weighted by atomic mass is 16.6. The van der Waals surface area contributed by atoms with Gasteiger partial charge in [-0.1, -0.05) is 164 Å². The third kappa shape index (κ3) is 36.3. The van der Waals surface area contributed by atoms with Gasteiger partial charge in [-0.05, 0) is 64.2 Å². The van der Waals surface area contributed by atoms with Crippen molar-refractivity contribution in [1.82, 2.24) is 0 Å². The monoisotopic (exact) mass is 641 g/mol. The van der Waals surface area contributed by atoms with Crippen LogP contribution < -0.4 is 0 Å². The maximum Gasteiger partial charge on any atom is 0.306 e. The summed E-state index contributed by atoms with van der Waals surface area (Å²) < 4.78 is 11.1. The molecule has 46 heavy (non-hydrogen) atoms. The maximum absolute atomic E-state index is 12.1. The Kier molecular flexibility index (Phi) is 37.2. The van der Waals surface area contributed by atoms with Crippen molar-refractivity contribution in [3.05, 3.63) is 72.9 Å². The van der Waals surface area contributed by atoms with Crippen molar-refractivity contribution in [2.75, 3.05) is 19.8 Å². The Morgan fingerprint density at radius 1 is 0.543 bits per heavy atom. The summed E-state index contributed by atoms with van der Waals surface area (Å²) in [6, 6.07) is 0. The Balaban J connectivity index is 3.54. The molecule has 0 aromatic carbocycles. The third-order valence-corrected chi connectivity index (χ3v) is 7.80. The minimum atomic E-state index is -0.544. The molecule has 0 aliphatic heterocycles. The topological polar surface area (TPSA) is 55.8 Å². The van der Waals surface area contributed by atoms with Crippen LogP contribution >= 0.6 is 0 Å². The van der Waals surface area contributed by atoms with Gasteiger partial charge in [0.05, 0.1) is 13.2 Å². The van der Waals surface area contributed by atoms with Gasteiger partial charge >= 0.3 is 5.97 Å². The molecule has 0 saturated heterocycles. The molecule has 1 atom stereocenters. The predicted octanol–water partition coefficient (Wildman–Crippen LogP) is 12.3. The van der Waals surface area contributed by atoms with E-state index < -0.39 is 6.10 Å². The van der Waals surface area contributed by atoms with Gasteiger partial charge in [0.15, 0.2) is 0 Å². The quantitative estimate of drug-likeness (QED) is 0.0432. The maximum atomic E-state index is 12.1. The molecule has 1 N–H and O–H groups in total. The van der Waals surface area contributed by atoms with Crippen molar-refractivity contribution < 1.29 is 19.4 Å². The van der Waals surface area contributed by atoms with Crippen LogP contribution in [0.2, 0.25) is 0 Å². The standard InChI is InChI=1S/C42H72O4/c1-3-5-7-9-11-13-15-16-17-18-19-20-21-22-23-24-25-26-27-28-30-32-34-36-38-45-40-41(39-43)46-42(44)37-35-33-31-29-14-12-10-8-6-4-2/h5,7,11,13,16-17,19-20,22-23,25-26,41,43H,3-4,6,8-10,12,14-15,18,21,24,27-40H2,1-2H3/b7-5-,13-11-,17-16-,20-19-,23-22-,26-25-. The van der Waals surface area contributed by atoms with Crippen LogP contribution in [0, 0.1) is 0 Å². The molecule has 0 fully saturated rings. The summed E-state index contributed by atoms with van der Waals surface area (Å²) in [5.41, 5.74) is 0. The van der Waals surface area contributed by atoms with E-state index in [1.807, 2.05) is 0 Å². The zero-order valence-corrected chi connectivity index (χ0v) is 30.1. The van der Waals surface area contributed by atoms with E-state index >= 15 is 0 Å². The Labute approximate surface area is 285 Å². The minimum Gasteiger partial charge on any atom is -0.457 e. The molecule has 4 nitrogen and oxygen atoms in total. The molecule has 0 aromatic rings. The molecule has 4 heteroatoms. The first-order valence-corrected chi connectivity index (χ1v) is 19.0. The first kappa shape index (κ1) is 43.8. The van der Waals surface area contributed by atoms with Crippen LogP contribution in [-0.4, -0.2) is 37.0 Å². The second-order valence-electron chi connectivity index (χ2n) is 12.3. The summed E-state index contributed by atoms with van der Waals surface area (Å²) in [5, 5.41) is 9.54. The third-order valence-electron chi connectivity index (χ3n) is 7.80. The van der Waals surface area contributed by atoms with E-state index in [-0.39, 0.29) is 19.2 Å². The second kappa shape index (κ2) is 39.0. The number of aliphatic hydroxyl groups excluding tert-OH is 1. The van der Waals surface area contributed by atoms with Crippen LogP contribution in [0.3, 0.4) is 0 Å². The second-order valence-corrected chi connectivity index (χ2v) is 12.3. The van der Waals surface area contributed by atoms with Crippen molar-refractivity contribution >= 4 is 5.97 Å². The molecular formula is C42H72O4. The number of hydrogen-bond donors (Lipinski definition) is 1. The summed E-state index contributed by atoms with van der Waals surface area (Å²) in [7, 11) is 0. The van der Waals surface area contributed by atoms with Crippen molar-refractivity contribution in [2.45, 2.75) is 168 Å². The summed E-state index contributed by atoms with van der Waals surface area (Å²) in [6.07, 6.45) is 52.3. The number of rotatable bonds is 34. The highest BCUT2D eigenvalue weighted by molar-refractivity contribution is 5.69. The highest BCUT2D eigenvalue weighted by Crippen LogP contribution is 2.12. The summed E-state index contributed by atoms with van der Waals surface area (Å²) in [4.78, 5) is 12.1. The summed E-state index contributed by atoms with van der Waals surface area (Å²) >= 11 is 0. The lowest BCUT2D eigenvalue weighted by atomic mass is 10.1. The molecule has 264 valence electrons. The number of allylic oxidation sites excluding steroid dienone is 12. The van der Waals surface area contributed by atoms with Crippen LogP contribution in [-0.2, 0) is 14.3 Å². The Morgan fingerprint density at radius 2 is 0.978 bits per heavy atom. The number of carbonyl (C=O) groups is 1. The van der Waals surface area contributed by atoms with Gasteiger partial charge in [0, 0.05) is 13.0 Å². The van der Waals surface area contributed by atoms with Gasteiger partial charge in [-0.25, -0.2) is 0 Å². The zero-order valence-electron chi connectivity index (χ0n) is 30.1. The van der Waals surface area contributed by atoms with Gasteiger partial charge in [-0.3, -0.25) is 4.79 Å². The normalized spacial score (nSPS) is 13.2. The van der Waals surface area contributed by atoms with E-state index in [1.165, 1.54) is 70.6 Å². The van der Waals surface area contributed by atoms with Crippen molar-refractivity contribution in [2.24, 2.45) is 0 Å². The van der Waals surface area contributed by atoms with Crippen molar-refractivity contribution in [3.8, 4) is 0 Å². The molecule has 0 spiro atoms. The van der Waals surface area contributed by atoms with Gasteiger partial charge in [0.25, 0.3) is 0 Å². The molecule has 1 unspecified atom stereocenters. The first-order chi connectivity index (χ1) is 22.7. The van der Waals surface area contributed by atoms with Crippen LogP contribution in [0.15, 0.2) is 72.9 Å². The van der Waals surface area contributed by atoms with E-state index in [1.54, 1.807) is 0 Å². The Hall–Kier alpha value is -2.17. The highest BCUT2D eigenvalue weighted by Gasteiger charge is 2.13. The van der Waals surface area contributed by atoms with Gasteiger partial charge < -0.3 is 14.6 Å². The fourth-order valence-corrected chi connectivity index (χ4v) is 4.98. The lowest BCUT2D eigenvalue weighted by Crippen LogP contribution is -2.27. The van der Waals surface area contributed by atoms with E-state index in [4.69, 9.17) is 9.47 Å². The smallest absolute Gasteiger partial charge is 0.306 e. The van der Waals surface area contributed by atoms with Crippen LogP contribution in [0.5, 0.6) is 0 Å². The SMILES string of the molecule is CC/C=C\C/C=C\C/C=C\C/C=C\C/C=C\C/C=C\CCCCCCCOCC(CO)OC(=O)CCCCCCCCCCCC. The molecule has 0 aliphatic rings. The Morgan fingerprint density at radius 3 is 1.48 bits per heavy atom. The Bertz CT molecular complexity index is 804. The van der Waals surface area contributed by atoms with Gasteiger partial charge in [-0.15, -0.1) is 0 Å². The first-order valence-electron chi connectivity index (χ1n) is 19.0. The fraction of sp³-hybridized carbons (Fsp3) is 0.690. The molecule has 0 heterocycles. The molecule has 0 bridgehead atoms. The van der Waals surface area contributed by atoms with E-state index in [0.29, 0.717) is 13.0 Å². The summed E-state index contributed by atoms with van der Waals surface area (Å²) in [6.45, 7) is 5.16. The van der Waals surface area contributed by atoms with Crippen LogP contribution in [0.4, 0.5) is 0 Å². The molecule has 0 rings (SSSR count). The number of hydrogen-bond acceptors (Lipinski definition) is 4. The fourth-order valence-electron chi connectivity index (χ4n) is 4.98. The van der Waals surface area contributed by atoms with Gasteiger partial charge in [0.2, 0.25) is 0 Å². The molecular weight excluding hydrogens is 568 g/mol. The molecule has 0 aromatic heterocycles. The van der Waals surface area contributed by atoms with Crippen LogP contribution in [0.25, 0.3) is 0 Å². The molecule has 0 radical (unpaired) electrons. The van der Waals surface area contributed by atoms with Crippen molar-refractivity contribution in [3.63, 3.8) is 0 Å². The summed E-state index contributed by atoms with van der Waals surface area (Å²) in [5.74, 6) is -0.214. The van der Waals surface area contributed by atoms with Gasteiger partial charge in [-0.2, -0.15) is 0 Å². The van der Waals surface area contributed by atoms with Crippen LogP contribution in [0.1, 0.15) is 162 Å². The number of unbranched alkanes of at least 4 members (excludes halogenated alkanes) is 14. The molecule has 0 aliphatic carbocycles.